The van der Waals surface area contributed by atoms with E-state index in [1.54, 1.807) is 24.5 Å². The molecule has 1 aliphatic heterocycles. The minimum absolute atomic E-state index is 0.0331. The first-order valence-corrected chi connectivity index (χ1v) is 8.72. The number of carbonyl (C=O) groups excluding carboxylic acids is 1. The first kappa shape index (κ1) is 17.5. The average molecular weight is 342 g/mol. The van der Waals surface area contributed by atoms with Crippen LogP contribution >= 0.6 is 0 Å². The molecule has 1 amide bonds. The van der Waals surface area contributed by atoms with E-state index >= 15 is 0 Å². The highest BCUT2D eigenvalue weighted by molar-refractivity contribution is 5.77. The van der Waals surface area contributed by atoms with Gasteiger partial charge in [0.2, 0.25) is 5.91 Å². The zero-order valence-corrected chi connectivity index (χ0v) is 14.3. The summed E-state index contributed by atoms with van der Waals surface area (Å²) in [6.45, 7) is 2.06. The van der Waals surface area contributed by atoms with Crippen LogP contribution in [-0.2, 0) is 9.53 Å². The number of hydrogen-bond donors (Lipinski definition) is 1. The third-order valence-electron chi connectivity index (χ3n) is 4.56. The standard InChI is InChI=1S/C20H23FN2O2/c1-14-2-7-18(25-14)8-9-19(24)23-20(16-10-12-22-13-11-16)15-3-5-17(21)6-4-15/h3-6,10-14,18,20H,2,7-9H2,1H3,(H,23,24)/t14-,18-,20+/m1/s1. The van der Waals surface area contributed by atoms with E-state index in [0.29, 0.717) is 6.42 Å². The fraction of sp³-hybridized carbons (Fsp3) is 0.400. The van der Waals surface area contributed by atoms with Crippen LogP contribution in [0.25, 0.3) is 0 Å². The van der Waals surface area contributed by atoms with Gasteiger partial charge in [0.15, 0.2) is 0 Å². The first-order chi connectivity index (χ1) is 12.1. The lowest BCUT2D eigenvalue weighted by molar-refractivity contribution is -0.122. The summed E-state index contributed by atoms with van der Waals surface area (Å²) in [6.07, 6.45) is 7.05. The number of carbonyl (C=O) groups is 1. The highest BCUT2D eigenvalue weighted by atomic mass is 19.1. The van der Waals surface area contributed by atoms with Crippen molar-refractivity contribution in [2.75, 3.05) is 0 Å². The van der Waals surface area contributed by atoms with Crippen LogP contribution < -0.4 is 5.32 Å². The molecule has 0 saturated carbocycles. The molecule has 2 aromatic rings. The van der Waals surface area contributed by atoms with Gasteiger partial charge in [-0.3, -0.25) is 9.78 Å². The molecule has 3 atom stereocenters. The Bertz CT molecular complexity index is 691. The molecule has 1 aromatic heterocycles. The van der Waals surface area contributed by atoms with Gasteiger partial charge in [0.25, 0.3) is 0 Å². The number of nitrogens with zero attached hydrogens (tertiary/aromatic N) is 1. The number of rotatable bonds is 6. The van der Waals surface area contributed by atoms with Crippen molar-refractivity contribution >= 4 is 5.91 Å². The summed E-state index contributed by atoms with van der Waals surface area (Å²) < 4.78 is 19.0. The SMILES string of the molecule is C[C@@H]1CC[C@H](CCC(=O)N[C@H](c2ccncc2)c2ccc(F)cc2)O1. The zero-order chi connectivity index (χ0) is 17.6. The molecule has 3 rings (SSSR count). The third kappa shape index (κ3) is 4.86. The van der Waals surface area contributed by atoms with Crippen LogP contribution in [0.15, 0.2) is 48.8 Å². The van der Waals surface area contributed by atoms with Crippen molar-refractivity contribution in [1.82, 2.24) is 10.3 Å². The van der Waals surface area contributed by atoms with Gasteiger partial charge in [-0.05, 0) is 61.6 Å². The predicted molar refractivity (Wildman–Crippen MR) is 93.4 cm³/mol. The number of pyridine rings is 1. The number of aromatic nitrogens is 1. The molecule has 0 unspecified atom stereocenters. The van der Waals surface area contributed by atoms with Crippen molar-refractivity contribution in [3.05, 3.63) is 65.7 Å². The number of nitrogens with one attached hydrogen (secondary N) is 1. The molecule has 1 aromatic carbocycles. The Morgan fingerprint density at radius 1 is 1.20 bits per heavy atom. The molecule has 4 nitrogen and oxygen atoms in total. The van der Waals surface area contributed by atoms with Crippen LogP contribution in [0.2, 0.25) is 0 Å². The van der Waals surface area contributed by atoms with Crippen LogP contribution in [0.1, 0.15) is 49.8 Å². The lowest BCUT2D eigenvalue weighted by atomic mass is 9.99. The van der Waals surface area contributed by atoms with Gasteiger partial charge in [-0.1, -0.05) is 12.1 Å². The van der Waals surface area contributed by atoms with Crippen LogP contribution in [0.3, 0.4) is 0 Å². The zero-order valence-electron chi connectivity index (χ0n) is 14.3. The van der Waals surface area contributed by atoms with Crippen LogP contribution in [-0.4, -0.2) is 23.1 Å². The summed E-state index contributed by atoms with van der Waals surface area (Å²) in [4.78, 5) is 16.5. The average Bonchev–Trinajstić information content (AvgIpc) is 3.05. The van der Waals surface area contributed by atoms with E-state index in [9.17, 15) is 9.18 Å². The molecule has 25 heavy (non-hydrogen) atoms. The summed E-state index contributed by atoms with van der Waals surface area (Å²) in [5.41, 5.74) is 1.76. The maximum atomic E-state index is 13.2. The Morgan fingerprint density at radius 3 is 2.52 bits per heavy atom. The van der Waals surface area contributed by atoms with Gasteiger partial charge in [-0.15, -0.1) is 0 Å². The molecule has 5 heteroatoms. The second kappa shape index (κ2) is 8.21. The van der Waals surface area contributed by atoms with Crippen molar-refractivity contribution in [2.45, 2.75) is 50.9 Å². The van der Waals surface area contributed by atoms with Gasteiger partial charge in [0.05, 0.1) is 18.2 Å². The van der Waals surface area contributed by atoms with Crippen molar-refractivity contribution in [3.8, 4) is 0 Å². The lowest BCUT2D eigenvalue weighted by Gasteiger charge is -2.20. The van der Waals surface area contributed by atoms with E-state index in [1.807, 2.05) is 12.1 Å². The summed E-state index contributed by atoms with van der Waals surface area (Å²) in [5, 5.41) is 3.06. The topological polar surface area (TPSA) is 51.2 Å². The van der Waals surface area contributed by atoms with Crippen molar-refractivity contribution < 1.29 is 13.9 Å². The van der Waals surface area contributed by atoms with Gasteiger partial charge < -0.3 is 10.1 Å². The summed E-state index contributed by atoms with van der Waals surface area (Å²) >= 11 is 0. The van der Waals surface area contributed by atoms with E-state index in [-0.39, 0.29) is 30.0 Å². The molecule has 2 heterocycles. The van der Waals surface area contributed by atoms with Crippen molar-refractivity contribution in [3.63, 3.8) is 0 Å². The van der Waals surface area contributed by atoms with E-state index < -0.39 is 0 Å². The van der Waals surface area contributed by atoms with Gasteiger partial charge in [-0.25, -0.2) is 4.39 Å². The minimum Gasteiger partial charge on any atom is -0.375 e. The number of ether oxygens (including phenoxy) is 1. The Morgan fingerprint density at radius 2 is 1.88 bits per heavy atom. The maximum absolute atomic E-state index is 13.2. The van der Waals surface area contributed by atoms with Gasteiger partial charge in [0.1, 0.15) is 5.82 Å². The third-order valence-corrected chi connectivity index (χ3v) is 4.56. The molecule has 132 valence electrons. The molecule has 0 spiro atoms. The predicted octanol–water partition coefficient (Wildman–Crippen LogP) is 3.77. The quantitative estimate of drug-likeness (QED) is 0.869. The minimum atomic E-state index is -0.320. The van der Waals surface area contributed by atoms with E-state index in [0.717, 1.165) is 30.4 Å². The maximum Gasteiger partial charge on any atom is 0.220 e. The smallest absolute Gasteiger partial charge is 0.220 e. The van der Waals surface area contributed by atoms with Crippen LogP contribution in [0, 0.1) is 5.82 Å². The Kier molecular flexibility index (Phi) is 5.76. The second-order valence-corrected chi connectivity index (χ2v) is 6.52. The molecule has 1 saturated heterocycles. The molecule has 0 aliphatic carbocycles. The van der Waals surface area contributed by atoms with E-state index in [4.69, 9.17) is 4.74 Å². The van der Waals surface area contributed by atoms with Crippen LogP contribution in [0.5, 0.6) is 0 Å². The summed E-state index contributed by atoms with van der Waals surface area (Å²) in [7, 11) is 0. The fourth-order valence-corrected chi connectivity index (χ4v) is 3.19. The molecule has 1 fully saturated rings. The Labute approximate surface area is 147 Å². The number of benzene rings is 1. The number of halogens is 1. The summed E-state index contributed by atoms with van der Waals surface area (Å²) in [6, 6.07) is 9.60. The largest absolute Gasteiger partial charge is 0.375 e. The van der Waals surface area contributed by atoms with E-state index in [1.165, 1.54) is 12.1 Å². The Balaban J connectivity index is 1.67. The van der Waals surface area contributed by atoms with Crippen molar-refractivity contribution in [1.29, 1.82) is 0 Å². The monoisotopic (exact) mass is 342 g/mol. The van der Waals surface area contributed by atoms with Crippen molar-refractivity contribution in [2.24, 2.45) is 0 Å². The number of amides is 1. The molecule has 0 bridgehead atoms. The first-order valence-electron chi connectivity index (χ1n) is 8.72. The number of hydrogen-bond acceptors (Lipinski definition) is 3. The van der Waals surface area contributed by atoms with Gasteiger partial charge in [-0.2, -0.15) is 0 Å². The lowest BCUT2D eigenvalue weighted by Crippen LogP contribution is -2.30. The van der Waals surface area contributed by atoms with Crippen LogP contribution in [0.4, 0.5) is 4.39 Å². The molecule has 1 aliphatic rings. The summed E-state index contributed by atoms with van der Waals surface area (Å²) in [5.74, 6) is -0.328. The highest BCUT2D eigenvalue weighted by Gasteiger charge is 2.23. The highest BCUT2D eigenvalue weighted by Crippen LogP contribution is 2.24. The van der Waals surface area contributed by atoms with Gasteiger partial charge in [0, 0.05) is 18.8 Å². The Hall–Kier alpha value is -2.27. The van der Waals surface area contributed by atoms with E-state index in [2.05, 4.69) is 17.2 Å². The molecule has 0 radical (unpaired) electrons. The molecular formula is C20H23FN2O2. The van der Waals surface area contributed by atoms with Gasteiger partial charge >= 0.3 is 0 Å². The second-order valence-electron chi connectivity index (χ2n) is 6.52. The normalized spacial score (nSPS) is 21.0. The molecule has 1 N–H and O–H groups in total. The molecular weight excluding hydrogens is 319 g/mol. The fourth-order valence-electron chi connectivity index (χ4n) is 3.19.